The minimum absolute atomic E-state index is 0.850. The number of nitrogens with zero attached hydrogens (tertiary/aromatic N) is 2. The summed E-state index contributed by atoms with van der Waals surface area (Å²) in [5, 5.41) is 0. The van der Waals surface area contributed by atoms with Crippen LogP contribution in [0.4, 0.5) is 0 Å². The van der Waals surface area contributed by atoms with Crippen molar-refractivity contribution in [1.29, 1.82) is 0 Å². The van der Waals surface area contributed by atoms with E-state index in [9.17, 15) is 0 Å². The smallest absolute Gasteiger partial charge is 0.125 e. The third-order valence-electron chi connectivity index (χ3n) is 3.02. The Labute approximate surface area is 103 Å². The molecule has 88 valence electrons. The molecule has 0 radical (unpaired) electrons. The molecule has 17 heavy (non-hydrogen) atoms. The minimum atomic E-state index is 0.850. The minimum Gasteiger partial charge on any atom is -0.241 e. The summed E-state index contributed by atoms with van der Waals surface area (Å²) in [5.74, 6) is 0.850. The maximum Gasteiger partial charge on any atom is 0.125 e. The van der Waals surface area contributed by atoms with E-state index in [1.807, 2.05) is 27.0 Å². The van der Waals surface area contributed by atoms with Crippen molar-refractivity contribution in [3.8, 4) is 11.3 Å². The molecule has 2 nitrogen and oxygen atoms in total. The fraction of sp³-hybridized carbons (Fsp3) is 0.333. The van der Waals surface area contributed by atoms with Gasteiger partial charge in [0, 0.05) is 23.7 Å². The summed E-state index contributed by atoms with van der Waals surface area (Å²) in [5.41, 5.74) is 6.43. The van der Waals surface area contributed by atoms with Gasteiger partial charge in [-0.25, -0.2) is 9.97 Å². The molecule has 1 aromatic carbocycles. The number of hydrogen-bond donors (Lipinski definition) is 0. The van der Waals surface area contributed by atoms with E-state index in [0.717, 1.165) is 17.9 Å². The average Bonchev–Trinajstić information content (AvgIpc) is 2.72. The summed E-state index contributed by atoms with van der Waals surface area (Å²) in [7, 11) is 0. The summed E-state index contributed by atoms with van der Waals surface area (Å²) in [6.07, 6.45) is 2.94. The van der Waals surface area contributed by atoms with Crippen molar-refractivity contribution in [3.05, 3.63) is 46.9 Å². The van der Waals surface area contributed by atoms with Gasteiger partial charge in [-0.05, 0) is 25.0 Å². The largest absolute Gasteiger partial charge is 0.241 e. The quantitative estimate of drug-likeness (QED) is 0.584. The number of benzene rings is 1. The lowest BCUT2D eigenvalue weighted by molar-refractivity contribution is 1.03. The number of aryl methyl sites for hydroxylation is 2. The molecule has 0 aliphatic heterocycles. The second-order valence-corrected chi connectivity index (χ2v) is 4.07. The molecular weight excluding hydrogens is 208 g/mol. The van der Waals surface area contributed by atoms with Crippen LogP contribution in [0.15, 0.2) is 24.4 Å². The van der Waals surface area contributed by atoms with E-state index >= 15 is 0 Å². The monoisotopic (exact) mass is 226 g/mol. The molecule has 0 amide bonds. The summed E-state index contributed by atoms with van der Waals surface area (Å²) >= 11 is 0. The Morgan fingerprint density at radius 3 is 2.65 bits per heavy atom. The van der Waals surface area contributed by atoms with Crippen LogP contribution in [0.1, 0.15) is 36.4 Å². The predicted octanol–water partition coefficient (Wildman–Crippen LogP) is 3.69. The molecule has 3 rings (SSSR count). The Bertz CT molecular complexity index is 545. The van der Waals surface area contributed by atoms with Crippen molar-refractivity contribution in [3.63, 3.8) is 0 Å². The van der Waals surface area contributed by atoms with E-state index in [4.69, 9.17) is 0 Å². The van der Waals surface area contributed by atoms with Gasteiger partial charge in [0.2, 0.25) is 0 Å². The summed E-state index contributed by atoms with van der Waals surface area (Å²) in [4.78, 5) is 8.78. The van der Waals surface area contributed by atoms with Crippen LogP contribution in [-0.2, 0) is 6.42 Å². The van der Waals surface area contributed by atoms with Crippen molar-refractivity contribution in [2.24, 2.45) is 0 Å². The van der Waals surface area contributed by atoms with Crippen molar-refractivity contribution < 1.29 is 0 Å². The first-order valence-corrected chi connectivity index (χ1v) is 6.17. The van der Waals surface area contributed by atoms with Crippen LogP contribution in [0.25, 0.3) is 11.3 Å². The summed E-state index contributed by atoms with van der Waals surface area (Å²) in [6, 6.07) is 6.41. The van der Waals surface area contributed by atoms with Crippen molar-refractivity contribution in [1.82, 2.24) is 9.97 Å². The topological polar surface area (TPSA) is 25.8 Å². The second-order valence-electron chi connectivity index (χ2n) is 4.07. The molecule has 0 N–H and O–H groups in total. The van der Waals surface area contributed by atoms with Crippen LogP contribution in [0, 0.1) is 13.8 Å². The molecule has 0 atom stereocenters. The Balaban J connectivity index is 0.000000514. The van der Waals surface area contributed by atoms with Crippen LogP contribution < -0.4 is 0 Å². The lowest BCUT2D eigenvalue weighted by Gasteiger charge is -2.02. The Morgan fingerprint density at radius 1 is 1.12 bits per heavy atom. The van der Waals surface area contributed by atoms with Gasteiger partial charge in [0.25, 0.3) is 0 Å². The van der Waals surface area contributed by atoms with Crippen molar-refractivity contribution in [2.75, 3.05) is 0 Å². The number of hydrogen-bond acceptors (Lipinski definition) is 2. The van der Waals surface area contributed by atoms with Crippen LogP contribution in [0.3, 0.4) is 0 Å². The van der Waals surface area contributed by atoms with Gasteiger partial charge in [0.1, 0.15) is 5.82 Å². The fourth-order valence-corrected chi connectivity index (χ4v) is 2.21. The Kier molecular flexibility index (Phi) is 3.23. The van der Waals surface area contributed by atoms with Gasteiger partial charge in [0.15, 0.2) is 0 Å². The second kappa shape index (κ2) is 4.66. The molecule has 0 saturated heterocycles. The first kappa shape index (κ1) is 11.8. The van der Waals surface area contributed by atoms with Gasteiger partial charge in [-0.15, -0.1) is 0 Å². The van der Waals surface area contributed by atoms with E-state index in [2.05, 4.69) is 35.1 Å². The number of fused-ring (bicyclic) bond motifs is 3. The maximum atomic E-state index is 4.53. The van der Waals surface area contributed by atoms with E-state index in [-0.39, 0.29) is 0 Å². The molecule has 1 aliphatic rings. The van der Waals surface area contributed by atoms with E-state index in [1.165, 1.54) is 22.3 Å². The SMILES string of the molecule is CC.Cc1ncc2c(n1)-c1cccc(C)c1C2. The van der Waals surface area contributed by atoms with Gasteiger partial charge >= 0.3 is 0 Å². The molecule has 0 unspecified atom stereocenters. The molecule has 0 saturated carbocycles. The summed E-state index contributed by atoms with van der Waals surface area (Å²) in [6.45, 7) is 8.10. The number of rotatable bonds is 0. The first-order chi connectivity index (χ1) is 8.25. The highest BCUT2D eigenvalue weighted by atomic mass is 14.9. The molecule has 0 fully saturated rings. The fourth-order valence-electron chi connectivity index (χ4n) is 2.21. The Hall–Kier alpha value is -1.70. The lowest BCUT2D eigenvalue weighted by atomic mass is 10.0. The first-order valence-electron chi connectivity index (χ1n) is 6.17. The van der Waals surface area contributed by atoms with Gasteiger partial charge in [-0.1, -0.05) is 32.0 Å². The van der Waals surface area contributed by atoms with Gasteiger partial charge in [-0.3, -0.25) is 0 Å². The normalized spacial score (nSPS) is 11.3. The van der Waals surface area contributed by atoms with Gasteiger partial charge in [-0.2, -0.15) is 0 Å². The molecule has 1 aliphatic carbocycles. The third-order valence-corrected chi connectivity index (χ3v) is 3.02. The van der Waals surface area contributed by atoms with E-state index in [1.54, 1.807) is 0 Å². The lowest BCUT2D eigenvalue weighted by Crippen LogP contribution is -1.91. The standard InChI is InChI=1S/C13H12N2.C2H6/c1-8-4-3-5-11-12(8)6-10-7-14-9(2)15-13(10)11;1-2/h3-5,7H,6H2,1-2H3;1-2H3. The predicted molar refractivity (Wildman–Crippen MR) is 71.1 cm³/mol. The zero-order chi connectivity index (χ0) is 12.4. The highest BCUT2D eigenvalue weighted by molar-refractivity contribution is 5.74. The van der Waals surface area contributed by atoms with Gasteiger partial charge < -0.3 is 0 Å². The van der Waals surface area contributed by atoms with Crippen molar-refractivity contribution >= 4 is 0 Å². The molecule has 2 heteroatoms. The average molecular weight is 226 g/mol. The molecule has 0 spiro atoms. The van der Waals surface area contributed by atoms with E-state index in [0.29, 0.717) is 0 Å². The molecular formula is C15H18N2. The van der Waals surface area contributed by atoms with Gasteiger partial charge in [0.05, 0.1) is 5.69 Å². The highest BCUT2D eigenvalue weighted by Crippen LogP contribution is 2.36. The maximum absolute atomic E-state index is 4.53. The molecule has 1 heterocycles. The van der Waals surface area contributed by atoms with E-state index < -0.39 is 0 Å². The van der Waals surface area contributed by atoms with Crippen molar-refractivity contribution in [2.45, 2.75) is 34.1 Å². The number of aromatic nitrogens is 2. The zero-order valence-corrected chi connectivity index (χ0v) is 10.9. The van der Waals surface area contributed by atoms with Crippen LogP contribution >= 0.6 is 0 Å². The third kappa shape index (κ3) is 1.95. The highest BCUT2D eigenvalue weighted by Gasteiger charge is 2.21. The van der Waals surface area contributed by atoms with Crippen LogP contribution in [0.5, 0.6) is 0 Å². The molecule has 1 aromatic heterocycles. The van der Waals surface area contributed by atoms with Crippen LogP contribution in [-0.4, -0.2) is 9.97 Å². The Morgan fingerprint density at radius 2 is 1.88 bits per heavy atom. The molecule has 2 aromatic rings. The van der Waals surface area contributed by atoms with Crippen LogP contribution in [0.2, 0.25) is 0 Å². The molecule has 0 bridgehead atoms. The zero-order valence-electron chi connectivity index (χ0n) is 10.9. The summed E-state index contributed by atoms with van der Waals surface area (Å²) < 4.78 is 0.